The lowest BCUT2D eigenvalue weighted by atomic mass is 10.00. The average molecular weight is 293 g/mol. The monoisotopic (exact) mass is 293 g/mol. The van der Waals surface area contributed by atoms with Gasteiger partial charge in [0.15, 0.2) is 0 Å². The lowest BCUT2D eigenvalue weighted by Gasteiger charge is -2.18. The summed E-state index contributed by atoms with van der Waals surface area (Å²) in [6, 6.07) is 4.62. The zero-order valence-electron chi connectivity index (χ0n) is 12.7. The van der Waals surface area contributed by atoms with Gasteiger partial charge in [-0.05, 0) is 50.8 Å². The van der Waals surface area contributed by atoms with Gasteiger partial charge < -0.3 is 16.4 Å². The fraction of sp³-hybridized carbons (Fsp3) is 0.562. The molecule has 1 fully saturated rings. The Kier molecular flexibility index (Phi) is 5.17. The fourth-order valence-corrected chi connectivity index (χ4v) is 2.81. The predicted molar refractivity (Wildman–Crippen MR) is 83.7 cm³/mol. The van der Waals surface area contributed by atoms with Gasteiger partial charge in [-0.2, -0.15) is 0 Å². The maximum atomic E-state index is 13.3. The molecule has 0 bridgehead atoms. The minimum absolute atomic E-state index is 0.0595. The summed E-state index contributed by atoms with van der Waals surface area (Å²) in [6.45, 7) is 3.93. The van der Waals surface area contributed by atoms with E-state index >= 15 is 0 Å². The summed E-state index contributed by atoms with van der Waals surface area (Å²) < 4.78 is 13.3. The molecule has 1 amide bonds. The Labute approximate surface area is 125 Å². The van der Waals surface area contributed by atoms with Gasteiger partial charge in [-0.15, -0.1) is 0 Å². The van der Waals surface area contributed by atoms with Gasteiger partial charge in [0.2, 0.25) is 5.91 Å². The number of anilines is 2. The lowest BCUT2D eigenvalue weighted by molar-refractivity contribution is -0.117. The summed E-state index contributed by atoms with van der Waals surface area (Å²) in [5.41, 5.74) is 7.21. The number of nitrogens with two attached hydrogens (primary N) is 1. The molecular formula is C16H24FN3O. The zero-order chi connectivity index (χ0) is 15.4. The van der Waals surface area contributed by atoms with Crippen molar-refractivity contribution in [2.45, 2.75) is 51.6 Å². The van der Waals surface area contributed by atoms with Crippen molar-refractivity contribution in [2.24, 2.45) is 11.7 Å². The lowest BCUT2D eigenvalue weighted by Crippen LogP contribution is -2.28. The fourth-order valence-electron chi connectivity index (χ4n) is 2.81. The minimum atomic E-state index is -0.325. The topological polar surface area (TPSA) is 67.1 Å². The van der Waals surface area contributed by atoms with Crippen LogP contribution in [0.25, 0.3) is 0 Å². The first kappa shape index (κ1) is 15.8. The van der Waals surface area contributed by atoms with Crippen molar-refractivity contribution in [3.63, 3.8) is 0 Å². The Hall–Kier alpha value is -1.62. The van der Waals surface area contributed by atoms with Crippen LogP contribution in [0.5, 0.6) is 0 Å². The molecule has 0 aromatic heterocycles. The van der Waals surface area contributed by atoms with Gasteiger partial charge in [-0.25, -0.2) is 4.39 Å². The van der Waals surface area contributed by atoms with E-state index in [1.165, 1.54) is 12.1 Å². The van der Waals surface area contributed by atoms with E-state index in [1.807, 2.05) is 13.8 Å². The number of hydrogen-bond acceptors (Lipinski definition) is 3. The highest BCUT2D eigenvalue weighted by atomic mass is 19.1. The summed E-state index contributed by atoms with van der Waals surface area (Å²) in [7, 11) is 0. The quantitative estimate of drug-likeness (QED) is 0.781. The molecule has 1 aliphatic rings. The van der Waals surface area contributed by atoms with Crippen LogP contribution in [0.4, 0.5) is 15.8 Å². The Morgan fingerprint density at radius 2 is 2.14 bits per heavy atom. The Bertz CT molecular complexity index is 504. The van der Waals surface area contributed by atoms with Crippen molar-refractivity contribution in [3.05, 3.63) is 24.0 Å². The van der Waals surface area contributed by atoms with Gasteiger partial charge in [-0.3, -0.25) is 4.79 Å². The molecule has 0 heterocycles. The van der Waals surface area contributed by atoms with Gasteiger partial charge in [-0.1, -0.05) is 6.42 Å². The van der Waals surface area contributed by atoms with Crippen molar-refractivity contribution < 1.29 is 9.18 Å². The van der Waals surface area contributed by atoms with E-state index < -0.39 is 0 Å². The number of rotatable bonds is 5. The minimum Gasteiger partial charge on any atom is -0.381 e. The van der Waals surface area contributed by atoms with Gasteiger partial charge in [0.25, 0.3) is 0 Å². The van der Waals surface area contributed by atoms with Crippen LogP contribution >= 0.6 is 0 Å². The molecule has 4 nitrogen and oxygen atoms in total. The van der Waals surface area contributed by atoms with Crippen LogP contribution in [-0.2, 0) is 4.79 Å². The molecule has 0 radical (unpaired) electrons. The zero-order valence-corrected chi connectivity index (χ0v) is 12.7. The molecule has 1 aromatic carbocycles. The predicted octanol–water partition coefficient (Wildman–Crippen LogP) is 3.10. The second-order valence-electron chi connectivity index (χ2n) is 6.10. The second-order valence-corrected chi connectivity index (χ2v) is 6.10. The van der Waals surface area contributed by atoms with Gasteiger partial charge in [0.05, 0.1) is 11.4 Å². The van der Waals surface area contributed by atoms with E-state index in [1.54, 1.807) is 6.07 Å². The molecule has 116 valence electrons. The second kappa shape index (κ2) is 6.89. The maximum absolute atomic E-state index is 13.3. The summed E-state index contributed by atoms with van der Waals surface area (Å²) in [6.07, 6.45) is 3.53. The smallest absolute Gasteiger partial charge is 0.224 e. The first-order chi connectivity index (χ1) is 9.95. The first-order valence-electron chi connectivity index (χ1n) is 7.57. The van der Waals surface area contributed by atoms with Gasteiger partial charge in [0.1, 0.15) is 5.82 Å². The Morgan fingerprint density at radius 3 is 2.76 bits per heavy atom. The van der Waals surface area contributed by atoms with Crippen molar-refractivity contribution in [1.82, 2.24) is 0 Å². The molecule has 1 saturated carbocycles. The Balaban J connectivity index is 2.02. The van der Waals surface area contributed by atoms with Crippen LogP contribution < -0.4 is 16.4 Å². The molecule has 0 aliphatic heterocycles. The van der Waals surface area contributed by atoms with E-state index in [4.69, 9.17) is 5.73 Å². The van der Waals surface area contributed by atoms with Crippen molar-refractivity contribution in [3.8, 4) is 0 Å². The van der Waals surface area contributed by atoms with Crippen LogP contribution in [-0.4, -0.2) is 18.0 Å². The van der Waals surface area contributed by atoms with E-state index in [9.17, 15) is 9.18 Å². The highest BCUT2D eigenvalue weighted by Gasteiger charge is 2.26. The molecule has 2 rings (SSSR count). The third kappa shape index (κ3) is 4.43. The number of carbonyl (C=O) groups is 1. The molecule has 5 heteroatoms. The van der Waals surface area contributed by atoms with E-state index in [-0.39, 0.29) is 29.7 Å². The standard InChI is InChI=1S/C16H24FN3O/c1-10(2)19-15-9-12(17)6-7-14(15)20-16(21)8-11-4-3-5-13(11)18/h6-7,9-11,13,19H,3-5,8,18H2,1-2H3,(H,20,21)/t11-,13+/m0/s1. The van der Waals surface area contributed by atoms with E-state index in [0.29, 0.717) is 17.8 Å². The molecule has 0 unspecified atom stereocenters. The Morgan fingerprint density at radius 1 is 1.38 bits per heavy atom. The number of amides is 1. The molecular weight excluding hydrogens is 269 g/mol. The summed E-state index contributed by atoms with van der Waals surface area (Å²) in [5.74, 6) is -0.128. The van der Waals surface area contributed by atoms with Crippen LogP contribution in [0.3, 0.4) is 0 Å². The average Bonchev–Trinajstić information content (AvgIpc) is 2.78. The summed E-state index contributed by atoms with van der Waals surface area (Å²) in [5, 5.41) is 6.01. The van der Waals surface area contributed by atoms with E-state index in [2.05, 4.69) is 10.6 Å². The van der Waals surface area contributed by atoms with Crippen molar-refractivity contribution in [1.29, 1.82) is 0 Å². The number of halogens is 1. The molecule has 2 atom stereocenters. The molecule has 1 aliphatic carbocycles. The molecule has 21 heavy (non-hydrogen) atoms. The van der Waals surface area contributed by atoms with Gasteiger partial charge in [0, 0.05) is 18.5 Å². The normalized spacial score (nSPS) is 21.6. The van der Waals surface area contributed by atoms with Crippen molar-refractivity contribution in [2.75, 3.05) is 10.6 Å². The third-order valence-electron chi connectivity index (χ3n) is 3.87. The van der Waals surface area contributed by atoms with E-state index in [0.717, 1.165) is 19.3 Å². The number of benzene rings is 1. The highest BCUT2D eigenvalue weighted by Crippen LogP contribution is 2.28. The first-order valence-corrected chi connectivity index (χ1v) is 7.57. The summed E-state index contributed by atoms with van der Waals surface area (Å²) in [4.78, 5) is 12.1. The molecule has 4 N–H and O–H groups in total. The molecule has 0 spiro atoms. The van der Waals surface area contributed by atoms with Gasteiger partial charge >= 0.3 is 0 Å². The summed E-state index contributed by atoms with van der Waals surface area (Å²) >= 11 is 0. The highest BCUT2D eigenvalue weighted by molar-refractivity contribution is 5.94. The number of carbonyl (C=O) groups excluding carboxylic acids is 1. The SMILES string of the molecule is CC(C)Nc1cc(F)ccc1NC(=O)C[C@@H]1CCC[C@H]1N. The number of hydrogen-bond donors (Lipinski definition) is 3. The molecule has 0 saturated heterocycles. The van der Waals surface area contributed by atoms with Crippen molar-refractivity contribution >= 4 is 17.3 Å². The van der Waals surface area contributed by atoms with Crippen LogP contribution in [0.1, 0.15) is 39.5 Å². The largest absolute Gasteiger partial charge is 0.381 e. The number of nitrogens with one attached hydrogen (secondary N) is 2. The van der Waals surface area contributed by atoms with Crippen LogP contribution in [0, 0.1) is 11.7 Å². The third-order valence-corrected chi connectivity index (χ3v) is 3.87. The molecule has 1 aromatic rings. The van der Waals surface area contributed by atoms with Crippen LogP contribution in [0.2, 0.25) is 0 Å². The maximum Gasteiger partial charge on any atom is 0.224 e. The van der Waals surface area contributed by atoms with Crippen LogP contribution in [0.15, 0.2) is 18.2 Å².